The van der Waals surface area contributed by atoms with Crippen molar-refractivity contribution >= 4 is 6.16 Å². The fraction of sp³-hybridized carbons (Fsp3) is 0.833. The summed E-state index contributed by atoms with van der Waals surface area (Å²) in [6.45, 7) is 2.34. The molecule has 2 aliphatic rings. The van der Waals surface area contributed by atoms with Crippen LogP contribution >= 0.6 is 0 Å². The molecule has 2 rings (SSSR count). The fourth-order valence-corrected chi connectivity index (χ4v) is 1.27. The minimum Gasteiger partial charge on any atom is -0.424 e. The molecule has 0 aliphatic carbocycles. The highest BCUT2D eigenvalue weighted by atomic mass is 16.8. The van der Waals surface area contributed by atoms with Crippen LogP contribution in [0.1, 0.15) is 6.92 Å². The lowest BCUT2D eigenvalue weighted by atomic mass is 10.2. The van der Waals surface area contributed by atoms with Crippen LogP contribution in [0.3, 0.4) is 0 Å². The van der Waals surface area contributed by atoms with Gasteiger partial charge >= 0.3 is 6.16 Å². The predicted molar refractivity (Wildman–Crippen MR) is 30.6 cm³/mol. The van der Waals surface area contributed by atoms with Crippen LogP contribution in [-0.2, 0) is 14.2 Å². The molecule has 3 unspecified atom stereocenters. The monoisotopic (exact) mass is 144 g/mol. The third-order valence-corrected chi connectivity index (χ3v) is 1.83. The zero-order valence-electron chi connectivity index (χ0n) is 5.57. The van der Waals surface area contributed by atoms with Gasteiger partial charge < -0.3 is 14.2 Å². The van der Waals surface area contributed by atoms with Crippen molar-refractivity contribution in [2.45, 2.75) is 25.2 Å². The van der Waals surface area contributed by atoms with Crippen molar-refractivity contribution in [1.29, 1.82) is 0 Å². The molecule has 2 fully saturated rings. The van der Waals surface area contributed by atoms with E-state index in [2.05, 4.69) is 0 Å². The molecule has 56 valence electrons. The molecule has 0 N–H and O–H groups in total. The van der Waals surface area contributed by atoms with Gasteiger partial charge in [-0.1, -0.05) is 0 Å². The van der Waals surface area contributed by atoms with E-state index in [1.165, 1.54) is 0 Å². The Bertz CT molecular complexity index is 167. The number of hydrogen-bond donors (Lipinski definition) is 0. The second-order valence-corrected chi connectivity index (χ2v) is 2.53. The van der Waals surface area contributed by atoms with Gasteiger partial charge in [0, 0.05) is 0 Å². The first-order valence-electron chi connectivity index (χ1n) is 3.26. The summed E-state index contributed by atoms with van der Waals surface area (Å²) in [6.07, 6.45) is -0.920. The summed E-state index contributed by atoms with van der Waals surface area (Å²) in [6, 6.07) is 0. The quantitative estimate of drug-likeness (QED) is 0.459. The first-order chi connectivity index (χ1) is 4.77. The topological polar surface area (TPSA) is 44.8 Å². The van der Waals surface area contributed by atoms with Gasteiger partial charge in [0.1, 0.15) is 0 Å². The average Bonchev–Trinajstić information content (AvgIpc) is 2.35. The summed E-state index contributed by atoms with van der Waals surface area (Å²) in [4.78, 5) is 10.5. The summed E-state index contributed by atoms with van der Waals surface area (Å²) in [5.41, 5.74) is 0. The van der Waals surface area contributed by atoms with Crippen LogP contribution in [0.5, 0.6) is 0 Å². The molecule has 0 radical (unpaired) electrons. The lowest BCUT2D eigenvalue weighted by molar-refractivity contribution is 0.0279. The highest BCUT2D eigenvalue weighted by molar-refractivity contribution is 5.62. The summed E-state index contributed by atoms with van der Waals surface area (Å²) < 4.78 is 14.7. The number of ether oxygens (including phenoxy) is 3. The van der Waals surface area contributed by atoms with E-state index in [1.807, 2.05) is 6.92 Å². The maximum atomic E-state index is 10.5. The van der Waals surface area contributed by atoms with Crippen LogP contribution in [0, 0.1) is 0 Å². The number of hydrogen-bond acceptors (Lipinski definition) is 4. The highest BCUT2D eigenvalue weighted by Crippen LogP contribution is 2.26. The zero-order valence-corrected chi connectivity index (χ0v) is 5.57. The van der Waals surface area contributed by atoms with Crippen molar-refractivity contribution in [3.63, 3.8) is 0 Å². The molecule has 4 heteroatoms. The Labute approximate surface area is 58.1 Å². The Morgan fingerprint density at radius 2 is 2.30 bits per heavy atom. The van der Waals surface area contributed by atoms with E-state index in [1.54, 1.807) is 0 Å². The van der Waals surface area contributed by atoms with Crippen LogP contribution in [-0.4, -0.2) is 31.1 Å². The highest BCUT2D eigenvalue weighted by Gasteiger charge is 2.45. The van der Waals surface area contributed by atoms with Crippen LogP contribution in [0.25, 0.3) is 0 Å². The Morgan fingerprint density at radius 3 is 3.00 bits per heavy atom. The van der Waals surface area contributed by atoms with E-state index >= 15 is 0 Å². The molecule has 4 nitrogen and oxygen atoms in total. The summed E-state index contributed by atoms with van der Waals surface area (Å²) in [5, 5.41) is 0. The van der Waals surface area contributed by atoms with E-state index in [-0.39, 0.29) is 18.3 Å². The van der Waals surface area contributed by atoms with Crippen molar-refractivity contribution in [3.8, 4) is 0 Å². The van der Waals surface area contributed by atoms with Crippen LogP contribution in [0.15, 0.2) is 0 Å². The summed E-state index contributed by atoms with van der Waals surface area (Å²) in [7, 11) is 0. The van der Waals surface area contributed by atoms with Crippen LogP contribution in [0.4, 0.5) is 4.79 Å². The summed E-state index contributed by atoms with van der Waals surface area (Å²) >= 11 is 0. The van der Waals surface area contributed by atoms with Crippen molar-refractivity contribution in [1.82, 2.24) is 0 Å². The number of rotatable bonds is 0. The van der Waals surface area contributed by atoms with Crippen LogP contribution < -0.4 is 0 Å². The molecule has 2 aliphatic heterocycles. The molecular weight excluding hydrogens is 136 g/mol. The van der Waals surface area contributed by atoms with Gasteiger partial charge in [-0.3, -0.25) is 0 Å². The molecule has 3 atom stereocenters. The Kier molecular flexibility index (Phi) is 1.11. The minimum absolute atomic E-state index is 0.0172. The first-order valence-corrected chi connectivity index (χ1v) is 3.26. The molecule has 0 aromatic rings. The maximum absolute atomic E-state index is 10.5. The number of fused-ring (bicyclic) bond motifs is 1. The van der Waals surface area contributed by atoms with Crippen molar-refractivity contribution in [2.75, 3.05) is 6.61 Å². The maximum Gasteiger partial charge on any atom is 0.509 e. The molecule has 0 spiro atoms. The Morgan fingerprint density at radius 1 is 1.50 bits per heavy atom. The Balaban J connectivity index is 2.12. The van der Waals surface area contributed by atoms with E-state index in [0.29, 0.717) is 6.61 Å². The van der Waals surface area contributed by atoms with Gasteiger partial charge in [-0.2, -0.15) is 0 Å². The molecule has 2 saturated heterocycles. The lowest BCUT2D eigenvalue weighted by Gasteiger charge is -2.06. The van der Waals surface area contributed by atoms with Gasteiger partial charge in [-0.15, -0.1) is 0 Å². The smallest absolute Gasteiger partial charge is 0.424 e. The normalized spacial score (nSPS) is 44.5. The van der Waals surface area contributed by atoms with Gasteiger partial charge in [0.05, 0.1) is 12.7 Å². The van der Waals surface area contributed by atoms with E-state index in [4.69, 9.17) is 14.2 Å². The SMILES string of the molecule is CC1OCC2OC(=O)OC12. The van der Waals surface area contributed by atoms with E-state index < -0.39 is 6.16 Å². The van der Waals surface area contributed by atoms with E-state index in [0.717, 1.165) is 0 Å². The number of carbonyl (C=O) groups excluding carboxylic acids is 1. The van der Waals surface area contributed by atoms with E-state index in [9.17, 15) is 4.79 Å². The second kappa shape index (κ2) is 1.85. The third-order valence-electron chi connectivity index (χ3n) is 1.83. The molecule has 2 heterocycles. The molecule has 0 aromatic heterocycles. The first kappa shape index (κ1) is 5.97. The standard InChI is InChI=1S/C6H8O4/c1-3-5-4(2-8-3)9-6(7)10-5/h3-5H,2H2,1H3. The predicted octanol–water partition coefficient (Wildman–Crippen LogP) is 0.309. The molecule has 10 heavy (non-hydrogen) atoms. The van der Waals surface area contributed by atoms with Crippen molar-refractivity contribution in [3.05, 3.63) is 0 Å². The van der Waals surface area contributed by atoms with Crippen LogP contribution in [0.2, 0.25) is 0 Å². The van der Waals surface area contributed by atoms with Gasteiger partial charge in [-0.05, 0) is 6.92 Å². The average molecular weight is 144 g/mol. The van der Waals surface area contributed by atoms with Gasteiger partial charge in [0.2, 0.25) is 0 Å². The fourth-order valence-electron chi connectivity index (χ4n) is 1.27. The Hall–Kier alpha value is -0.770. The molecule has 0 aromatic carbocycles. The summed E-state index contributed by atoms with van der Waals surface area (Å²) in [5.74, 6) is 0. The second-order valence-electron chi connectivity index (χ2n) is 2.53. The largest absolute Gasteiger partial charge is 0.509 e. The zero-order chi connectivity index (χ0) is 7.14. The third kappa shape index (κ3) is 0.686. The van der Waals surface area contributed by atoms with Crippen molar-refractivity contribution < 1.29 is 19.0 Å². The lowest BCUT2D eigenvalue weighted by Crippen LogP contribution is -2.24. The van der Waals surface area contributed by atoms with Gasteiger partial charge in [-0.25, -0.2) is 4.79 Å². The van der Waals surface area contributed by atoms with Gasteiger partial charge in [0.15, 0.2) is 12.2 Å². The molecule has 0 bridgehead atoms. The molecule has 0 saturated carbocycles. The molecule has 0 amide bonds. The van der Waals surface area contributed by atoms with Crippen molar-refractivity contribution in [2.24, 2.45) is 0 Å². The number of carbonyl (C=O) groups is 1. The molecular formula is C6H8O4. The minimum atomic E-state index is -0.565. The van der Waals surface area contributed by atoms with Gasteiger partial charge in [0.25, 0.3) is 0 Å².